The smallest absolute Gasteiger partial charge is 0.294 e. The average molecular weight is 384 g/mol. The Morgan fingerprint density at radius 1 is 1.33 bits per heavy atom. The fourth-order valence-electron chi connectivity index (χ4n) is 4.89. The second-order valence-corrected chi connectivity index (χ2v) is 8.05. The van der Waals surface area contributed by atoms with Crippen LogP contribution in [0.3, 0.4) is 0 Å². The Morgan fingerprint density at radius 2 is 2.11 bits per heavy atom. The molecule has 27 heavy (non-hydrogen) atoms. The summed E-state index contributed by atoms with van der Waals surface area (Å²) in [5.41, 5.74) is 3.62. The molecule has 1 aromatic rings. The minimum atomic E-state index is -4.23. The summed E-state index contributed by atoms with van der Waals surface area (Å²) in [7, 11) is 0. The van der Waals surface area contributed by atoms with E-state index in [0.29, 0.717) is 29.5 Å². The number of hydrogen-bond acceptors (Lipinski definition) is 5. The van der Waals surface area contributed by atoms with Gasteiger partial charge < -0.3 is 0 Å². The zero-order valence-electron chi connectivity index (χ0n) is 14.9. The molecule has 1 aliphatic carbocycles. The van der Waals surface area contributed by atoms with Crippen LogP contribution in [0.5, 0.6) is 0 Å². The van der Waals surface area contributed by atoms with Crippen LogP contribution in [0.15, 0.2) is 12.3 Å². The zero-order valence-corrected chi connectivity index (χ0v) is 14.9. The number of carbonyl (C=O) groups excluding carboxylic acids is 1. The molecule has 6 nitrogen and oxygen atoms in total. The Balaban J connectivity index is 1.38. The van der Waals surface area contributed by atoms with Crippen molar-refractivity contribution in [2.75, 3.05) is 19.6 Å². The molecule has 1 saturated heterocycles. The summed E-state index contributed by atoms with van der Waals surface area (Å²) >= 11 is 0. The van der Waals surface area contributed by atoms with Crippen molar-refractivity contribution in [3.8, 4) is 0 Å². The van der Waals surface area contributed by atoms with Crippen LogP contribution >= 0.6 is 0 Å². The van der Waals surface area contributed by atoms with Gasteiger partial charge in [0.15, 0.2) is 0 Å². The summed E-state index contributed by atoms with van der Waals surface area (Å²) in [4.78, 5) is 18.8. The van der Waals surface area contributed by atoms with Crippen LogP contribution in [0.25, 0.3) is 0 Å². The second-order valence-electron chi connectivity index (χ2n) is 8.05. The topological polar surface area (TPSA) is 68.7 Å². The van der Waals surface area contributed by atoms with E-state index in [2.05, 4.69) is 9.88 Å². The predicted octanol–water partition coefficient (Wildman–Crippen LogP) is 2.32. The van der Waals surface area contributed by atoms with Gasteiger partial charge in [0.1, 0.15) is 0 Å². The van der Waals surface area contributed by atoms with Gasteiger partial charge in [0.05, 0.1) is 11.3 Å². The number of likely N-dealkylation sites (tertiary alicyclic amines) is 1. The molecule has 9 heteroatoms. The van der Waals surface area contributed by atoms with Crippen LogP contribution in [0, 0.1) is 5.41 Å². The number of alkyl halides is 3. The minimum absolute atomic E-state index is 0.112. The number of piperidine rings is 1. The first-order chi connectivity index (χ1) is 12.8. The molecule has 0 aromatic carbocycles. The number of rotatable bonds is 2. The Bertz CT molecular complexity index is 734. The largest absolute Gasteiger partial charge is 0.459 e. The number of aromatic nitrogens is 1. The van der Waals surface area contributed by atoms with Crippen molar-refractivity contribution in [1.82, 2.24) is 20.3 Å². The van der Waals surface area contributed by atoms with E-state index in [9.17, 15) is 18.0 Å². The molecule has 3 heterocycles. The maximum Gasteiger partial charge on any atom is 0.459 e. The van der Waals surface area contributed by atoms with Crippen molar-refractivity contribution in [1.29, 1.82) is 0 Å². The van der Waals surface area contributed by atoms with Gasteiger partial charge in [-0.05, 0) is 49.1 Å². The van der Waals surface area contributed by atoms with Gasteiger partial charge in [-0.1, -0.05) is 0 Å². The average Bonchev–Trinajstić information content (AvgIpc) is 2.64. The van der Waals surface area contributed by atoms with Crippen LogP contribution < -0.4 is 5.48 Å². The lowest BCUT2D eigenvalue weighted by atomic mass is 9.61. The predicted molar refractivity (Wildman–Crippen MR) is 89.9 cm³/mol. The molecule has 4 rings (SSSR count). The number of hydroxylamine groups is 1. The van der Waals surface area contributed by atoms with Crippen molar-refractivity contribution < 1.29 is 23.2 Å². The quantitative estimate of drug-likeness (QED) is 0.465. The summed E-state index contributed by atoms with van der Waals surface area (Å²) in [6.07, 6.45) is 1.04. The van der Waals surface area contributed by atoms with Crippen molar-refractivity contribution in [3.63, 3.8) is 0 Å². The van der Waals surface area contributed by atoms with Gasteiger partial charge in [-0.25, -0.2) is 10.4 Å². The number of hydrogen-bond donors (Lipinski definition) is 2. The van der Waals surface area contributed by atoms with E-state index in [1.807, 2.05) is 0 Å². The third kappa shape index (κ3) is 3.55. The third-order valence-corrected chi connectivity index (χ3v) is 6.32. The molecule has 3 aliphatic rings. The minimum Gasteiger partial charge on any atom is -0.294 e. The lowest BCUT2D eigenvalue weighted by Gasteiger charge is -2.56. The van der Waals surface area contributed by atoms with E-state index in [1.165, 1.54) is 6.20 Å². The van der Waals surface area contributed by atoms with Gasteiger partial charge in [-0.3, -0.25) is 19.9 Å². The number of fused-ring (bicyclic) bond motifs is 1. The van der Waals surface area contributed by atoms with E-state index in [-0.39, 0.29) is 18.5 Å². The highest BCUT2D eigenvalue weighted by atomic mass is 19.4. The number of halogens is 3. The molecular formula is C18H23F3N4O2. The summed E-state index contributed by atoms with van der Waals surface area (Å²) in [5, 5.41) is 8.73. The summed E-state index contributed by atoms with van der Waals surface area (Å²) in [6.45, 7) is 1.69. The van der Waals surface area contributed by atoms with E-state index in [0.717, 1.165) is 43.5 Å². The molecule has 0 atom stereocenters. The van der Waals surface area contributed by atoms with Gasteiger partial charge in [-0.15, -0.1) is 0 Å². The maximum atomic E-state index is 13.0. The van der Waals surface area contributed by atoms with Crippen LogP contribution in [0.1, 0.15) is 47.3 Å². The summed E-state index contributed by atoms with van der Waals surface area (Å²) in [5.74, 6) is -0.583. The fraction of sp³-hybridized carbons (Fsp3) is 0.667. The van der Waals surface area contributed by atoms with Gasteiger partial charge in [0, 0.05) is 38.4 Å². The zero-order chi connectivity index (χ0) is 19.2. The highest BCUT2D eigenvalue weighted by Crippen LogP contribution is 2.51. The van der Waals surface area contributed by atoms with Gasteiger partial charge in [0.2, 0.25) is 0 Å². The lowest BCUT2D eigenvalue weighted by Crippen LogP contribution is -2.59. The highest BCUT2D eigenvalue weighted by Gasteiger charge is 2.52. The van der Waals surface area contributed by atoms with Crippen molar-refractivity contribution in [3.05, 3.63) is 29.1 Å². The highest BCUT2D eigenvalue weighted by molar-refractivity contribution is 5.93. The first-order valence-electron chi connectivity index (χ1n) is 9.28. The molecule has 1 aromatic heterocycles. The van der Waals surface area contributed by atoms with E-state index < -0.39 is 12.2 Å². The molecule has 1 saturated carbocycles. The van der Waals surface area contributed by atoms with Gasteiger partial charge in [0.25, 0.3) is 5.91 Å². The number of pyridine rings is 1. The number of nitrogens with zero attached hydrogens (tertiary/aromatic N) is 3. The summed E-state index contributed by atoms with van der Waals surface area (Å²) in [6, 6.07) is 2.05. The molecule has 2 fully saturated rings. The van der Waals surface area contributed by atoms with E-state index >= 15 is 0 Å². The molecule has 148 valence electrons. The Morgan fingerprint density at radius 3 is 2.81 bits per heavy atom. The Hall–Kier alpha value is -1.71. The van der Waals surface area contributed by atoms with Crippen molar-refractivity contribution in [2.24, 2.45) is 5.41 Å². The number of carbonyl (C=O) groups is 1. The third-order valence-electron chi connectivity index (χ3n) is 6.32. The monoisotopic (exact) mass is 384 g/mol. The maximum absolute atomic E-state index is 13.0. The second kappa shape index (κ2) is 6.72. The first-order valence-corrected chi connectivity index (χ1v) is 9.28. The van der Waals surface area contributed by atoms with Crippen LogP contribution in [0.4, 0.5) is 13.2 Å². The van der Waals surface area contributed by atoms with Crippen LogP contribution in [-0.4, -0.2) is 57.9 Å². The molecule has 2 aliphatic heterocycles. The molecule has 0 unspecified atom stereocenters. The van der Waals surface area contributed by atoms with Gasteiger partial charge >= 0.3 is 6.30 Å². The van der Waals surface area contributed by atoms with Crippen molar-refractivity contribution >= 4 is 5.91 Å². The molecular weight excluding hydrogens is 361 g/mol. The van der Waals surface area contributed by atoms with E-state index in [4.69, 9.17) is 5.21 Å². The van der Waals surface area contributed by atoms with Crippen LogP contribution in [-0.2, 0) is 13.0 Å². The first kappa shape index (κ1) is 18.6. The standard InChI is InChI=1S/C18H23F3N4O2/c19-18(20,21)25-4-1-3-17(11-25)7-14(8-17)24-5-2-12-6-13(16(26)23-27)9-22-15(12)10-24/h6,9,14,27H,1-5,7-8,10-11H2,(H,23,26). The van der Waals surface area contributed by atoms with Crippen LogP contribution in [0.2, 0.25) is 0 Å². The molecule has 0 radical (unpaired) electrons. The molecule has 2 N–H and O–H groups in total. The fourth-order valence-corrected chi connectivity index (χ4v) is 4.89. The lowest BCUT2D eigenvalue weighted by molar-refractivity contribution is -0.266. The Kier molecular flexibility index (Phi) is 4.64. The molecule has 1 amide bonds. The van der Waals surface area contributed by atoms with E-state index in [1.54, 1.807) is 11.5 Å². The number of amides is 1. The Labute approximate surface area is 155 Å². The normalized spacial score (nSPS) is 29.3. The molecule has 1 spiro atoms. The van der Waals surface area contributed by atoms with Gasteiger partial charge in [-0.2, -0.15) is 13.2 Å². The van der Waals surface area contributed by atoms with Crippen molar-refractivity contribution in [2.45, 2.75) is 51.0 Å². The molecule has 0 bridgehead atoms. The SMILES string of the molecule is O=C(NO)c1cnc2c(c1)CCN(C1CC3(CCCN(C(F)(F)F)C3)C1)C2. The number of nitrogens with one attached hydrogen (secondary N) is 1. The summed E-state index contributed by atoms with van der Waals surface area (Å²) < 4.78 is 39.1.